The molecule has 0 amide bonds. The lowest BCUT2D eigenvalue weighted by molar-refractivity contribution is 0.178. The van der Waals surface area contributed by atoms with Gasteiger partial charge in [-0.05, 0) is 47.5 Å². The van der Waals surface area contributed by atoms with Crippen molar-refractivity contribution in [2.45, 2.75) is 38.3 Å². The Morgan fingerprint density at radius 2 is 2.13 bits per heavy atom. The highest BCUT2D eigenvalue weighted by molar-refractivity contribution is 4.77. The summed E-state index contributed by atoms with van der Waals surface area (Å²) < 4.78 is 0. The van der Waals surface area contributed by atoms with Crippen LogP contribution < -0.4 is 5.32 Å². The van der Waals surface area contributed by atoms with Crippen LogP contribution in [0, 0.1) is 0 Å². The number of hydrogen-bond acceptors (Lipinski definition) is 3. The number of likely N-dealkylation sites (N-methyl/N-ethyl adjacent to an activating group) is 2. The molecule has 1 aliphatic heterocycles. The van der Waals surface area contributed by atoms with Gasteiger partial charge in [0.05, 0.1) is 0 Å². The molecule has 0 aromatic heterocycles. The maximum Gasteiger partial charge on any atom is 0.0217 e. The van der Waals surface area contributed by atoms with Gasteiger partial charge in [0.25, 0.3) is 0 Å². The zero-order valence-corrected chi connectivity index (χ0v) is 10.8. The van der Waals surface area contributed by atoms with Crippen LogP contribution in [0.15, 0.2) is 0 Å². The van der Waals surface area contributed by atoms with Gasteiger partial charge in [-0.2, -0.15) is 0 Å². The van der Waals surface area contributed by atoms with Gasteiger partial charge in [-0.15, -0.1) is 0 Å². The number of nitrogens with zero attached hydrogens (tertiary/aromatic N) is 2. The average Bonchev–Trinajstić information content (AvgIpc) is 2.20. The highest BCUT2D eigenvalue weighted by Gasteiger charge is 2.18. The van der Waals surface area contributed by atoms with Gasteiger partial charge >= 0.3 is 0 Å². The van der Waals surface area contributed by atoms with E-state index in [4.69, 9.17) is 0 Å². The van der Waals surface area contributed by atoms with Crippen molar-refractivity contribution in [3.63, 3.8) is 0 Å². The Bertz CT molecular complexity index is 170. The van der Waals surface area contributed by atoms with Gasteiger partial charge in [0.1, 0.15) is 0 Å². The first-order chi connectivity index (χ1) is 7.11. The lowest BCUT2D eigenvalue weighted by Crippen LogP contribution is -2.45. The predicted molar refractivity (Wildman–Crippen MR) is 66.3 cm³/mol. The van der Waals surface area contributed by atoms with E-state index in [1.807, 2.05) is 0 Å². The van der Waals surface area contributed by atoms with Crippen molar-refractivity contribution in [2.75, 3.05) is 40.8 Å². The second-order valence-corrected chi connectivity index (χ2v) is 5.10. The normalized spacial score (nSPS) is 25.8. The number of hydrogen-bond donors (Lipinski definition) is 1. The molecule has 2 unspecified atom stereocenters. The van der Waals surface area contributed by atoms with E-state index in [2.05, 4.69) is 43.2 Å². The van der Waals surface area contributed by atoms with Gasteiger partial charge in [-0.3, -0.25) is 0 Å². The third kappa shape index (κ3) is 4.49. The molecule has 1 rings (SSSR count). The van der Waals surface area contributed by atoms with E-state index in [9.17, 15) is 0 Å². The Kier molecular flexibility index (Phi) is 5.58. The largest absolute Gasteiger partial charge is 0.314 e. The zero-order valence-electron chi connectivity index (χ0n) is 10.8. The molecule has 0 spiro atoms. The molecule has 1 fully saturated rings. The maximum absolute atomic E-state index is 3.58. The van der Waals surface area contributed by atoms with E-state index in [0.29, 0.717) is 6.04 Å². The van der Waals surface area contributed by atoms with Gasteiger partial charge in [-0.1, -0.05) is 6.42 Å². The van der Waals surface area contributed by atoms with Crippen LogP contribution in [0.3, 0.4) is 0 Å². The third-order valence-electron chi connectivity index (χ3n) is 3.62. The summed E-state index contributed by atoms with van der Waals surface area (Å²) in [5.74, 6) is 0. The van der Waals surface area contributed by atoms with Crippen molar-refractivity contribution in [1.29, 1.82) is 0 Å². The number of nitrogens with one attached hydrogen (secondary N) is 1. The fourth-order valence-corrected chi connectivity index (χ4v) is 2.04. The molecular weight excluding hydrogens is 186 g/mol. The standard InChI is InChI=1S/C12H27N3/c1-11(14(2)3)9-13-10-12-7-5-6-8-15(12)4/h11-13H,5-10H2,1-4H3. The van der Waals surface area contributed by atoms with Gasteiger partial charge < -0.3 is 15.1 Å². The zero-order chi connectivity index (χ0) is 11.3. The number of rotatable bonds is 5. The molecule has 0 aromatic carbocycles. The van der Waals surface area contributed by atoms with Crippen molar-refractivity contribution in [1.82, 2.24) is 15.1 Å². The van der Waals surface area contributed by atoms with E-state index in [-0.39, 0.29) is 0 Å². The molecule has 1 saturated heterocycles. The molecule has 2 atom stereocenters. The first-order valence-electron chi connectivity index (χ1n) is 6.18. The highest BCUT2D eigenvalue weighted by atomic mass is 15.2. The van der Waals surface area contributed by atoms with E-state index >= 15 is 0 Å². The van der Waals surface area contributed by atoms with Crippen LogP contribution in [-0.2, 0) is 0 Å². The Labute approximate surface area is 94.8 Å². The lowest BCUT2D eigenvalue weighted by atomic mass is 10.0. The molecule has 3 heteroatoms. The van der Waals surface area contributed by atoms with Crippen LogP contribution in [0.25, 0.3) is 0 Å². The summed E-state index contributed by atoms with van der Waals surface area (Å²) in [5, 5.41) is 3.58. The van der Waals surface area contributed by atoms with Crippen LogP contribution in [0.4, 0.5) is 0 Å². The Balaban J connectivity index is 2.13. The molecule has 15 heavy (non-hydrogen) atoms. The quantitative estimate of drug-likeness (QED) is 0.735. The van der Waals surface area contributed by atoms with Crippen molar-refractivity contribution < 1.29 is 0 Å². The fourth-order valence-electron chi connectivity index (χ4n) is 2.04. The van der Waals surface area contributed by atoms with Crippen molar-refractivity contribution >= 4 is 0 Å². The van der Waals surface area contributed by atoms with Crippen LogP contribution in [0.5, 0.6) is 0 Å². The minimum atomic E-state index is 0.624. The summed E-state index contributed by atoms with van der Waals surface area (Å²) in [6, 6.07) is 1.38. The summed E-state index contributed by atoms with van der Waals surface area (Å²) in [6.07, 6.45) is 4.14. The summed E-state index contributed by atoms with van der Waals surface area (Å²) in [7, 11) is 6.53. The summed E-state index contributed by atoms with van der Waals surface area (Å²) in [5.41, 5.74) is 0. The van der Waals surface area contributed by atoms with Gasteiger partial charge in [0.2, 0.25) is 0 Å². The molecule has 1 N–H and O–H groups in total. The molecule has 1 aliphatic rings. The molecule has 90 valence electrons. The van der Waals surface area contributed by atoms with Crippen LogP contribution >= 0.6 is 0 Å². The van der Waals surface area contributed by atoms with E-state index in [1.165, 1.54) is 25.8 Å². The summed E-state index contributed by atoms with van der Waals surface area (Å²) in [4.78, 5) is 4.76. The van der Waals surface area contributed by atoms with Gasteiger partial charge in [-0.25, -0.2) is 0 Å². The van der Waals surface area contributed by atoms with E-state index in [1.54, 1.807) is 0 Å². The number of likely N-dealkylation sites (tertiary alicyclic amines) is 1. The van der Waals surface area contributed by atoms with Crippen molar-refractivity contribution in [3.05, 3.63) is 0 Å². The van der Waals surface area contributed by atoms with Gasteiger partial charge in [0, 0.05) is 25.2 Å². The molecule has 3 nitrogen and oxygen atoms in total. The number of piperidine rings is 1. The van der Waals surface area contributed by atoms with Crippen molar-refractivity contribution in [2.24, 2.45) is 0 Å². The average molecular weight is 213 g/mol. The lowest BCUT2D eigenvalue weighted by Gasteiger charge is -2.33. The minimum absolute atomic E-state index is 0.624. The van der Waals surface area contributed by atoms with Crippen LogP contribution in [-0.4, -0.2) is 62.7 Å². The first-order valence-corrected chi connectivity index (χ1v) is 6.18. The Hall–Kier alpha value is -0.120. The molecular formula is C12H27N3. The molecule has 0 saturated carbocycles. The maximum atomic E-state index is 3.58. The van der Waals surface area contributed by atoms with Crippen LogP contribution in [0.1, 0.15) is 26.2 Å². The second kappa shape index (κ2) is 6.46. The molecule has 0 aliphatic carbocycles. The molecule has 0 bridgehead atoms. The SMILES string of the molecule is CC(CNCC1CCCCN1C)N(C)C. The summed E-state index contributed by atoms with van der Waals surface area (Å²) >= 11 is 0. The second-order valence-electron chi connectivity index (χ2n) is 5.10. The minimum Gasteiger partial charge on any atom is -0.314 e. The van der Waals surface area contributed by atoms with E-state index < -0.39 is 0 Å². The summed E-state index contributed by atoms with van der Waals surface area (Å²) in [6.45, 7) is 5.78. The van der Waals surface area contributed by atoms with Crippen LogP contribution in [0.2, 0.25) is 0 Å². The Morgan fingerprint density at radius 3 is 2.73 bits per heavy atom. The fraction of sp³-hybridized carbons (Fsp3) is 1.00. The highest BCUT2D eigenvalue weighted by Crippen LogP contribution is 2.13. The monoisotopic (exact) mass is 213 g/mol. The van der Waals surface area contributed by atoms with Crippen molar-refractivity contribution in [3.8, 4) is 0 Å². The Morgan fingerprint density at radius 1 is 1.40 bits per heavy atom. The smallest absolute Gasteiger partial charge is 0.0217 e. The molecule has 0 aromatic rings. The molecule has 1 heterocycles. The predicted octanol–water partition coefficient (Wildman–Crippen LogP) is 1.01. The topological polar surface area (TPSA) is 18.5 Å². The van der Waals surface area contributed by atoms with Gasteiger partial charge in [0.15, 0.2) is 0 Å². The van der Waals surface area contributed by atoms with E-state index in [0.717, 1.165) is 19.1 Å². The molecule has 0 radical (unpaired) electrons. The first kappa shape index (κ1) is 12.9. The third-order valence-corrected chi connectivity index (χ3v) is 3.62.